The fourth-order valence-corrected chi connectivity index (χ4v) is 1.56. The fraction of sp³-hybridized carbons (Fsp3) is 1.00. The second-order valence-electron chi connectivity index (χ2n) is 2.43. The third-order valence-electron chi connectivity index (χ3n) is 1.27. The number of halogens is 3. The molecule has 0 N–H and O–H groups in total. The van der Waals surface area contributed by atoms with Crippen LogP contribution in [0.3, 0.4) is 0 Å². The molecule has 1 atom stereocenters. The molecule has 0 amide bonds. The third kappa shape index (κ3) is 11.0. The van der Waals surface area contributed by atoms with E-state index in [4.69, 9.17) is 34.8 Å². The van der Waals surface area contributed by atoms with E-state index >= 15 is 0 Å². The second-order valence-corrected chi connectivity index (χ2v) is 5.97. The normalized spacial score (nSPS) is 14.7. The predicted octanol–water partition coefficient (Wildman–Crippen LogP) is 2.80. The first-order valence-electron chi connectivity index (χ1n) is 3.54. The van der Waals surface area contributed by atoms with Crippen LogP contribution in [0, 0.1) is 0 Å². The molecule has 0 aliphatic rings. The summed E-state index contributed by atoms with van der Waals surface area (Å²) in [6.07, 6.45) is 2.63. The first kappa shape index (κ1) is 13.0. The van der Waals surface area contributed by atoms with Gasteiger partial charge in [-0.3, -0.25) is 4.21 Å². The monoisotopic (exact) mass is 251 g/mol. The summed E-state index contributed by atoms with van der Waals surface area (Å²) in [4.78, 5) is 0. The Morgan fingerprint density at radius 3 is 2.17 bits per heavy atom. The molecule has 0 saturated carbocycles. The molecular formula is C6H10Cl3O2S-. The molecule has 12 heavy (non-hydrogen) atoms. The van der Waals surface area contributed by atoms with Gasteiger partial charge in [0.25, 0.3) is 0 Å². The first-order valence-corrected chi connectivity index (χ1v) is 5.92. The Bertz CT molecular complexity index is 146. The molecule has 0 saturated heterocycles. The standard InChI is InChI=1S/C6H11Cl3O2S/c7-6(8,9)4-2-1-3-5-12(10)11/h1-5H2,(H,10,11)/p-1. The number of hydrogen-bond acceptors (Lipinski definition) is 2. The molecule has 0 fully saturated rings. The largest absolute Gasteiger partial charge is 0.772 e. The summed E-state index contributed by atoms with van der Waals surface area (Å²) >= 11 is 14.5. The van der Waals surface area contributed by atoms with Crippen LogP contribution in [0.15, 0.2) is 0 Å². The maximum atomic E-state index is 10.1. The molecule has 0 aliphatic heterocycles. The summed E-state index contributed by atoms with van der Waals surface area (Å²) in [5.41, 5.74) is 0. The van der Waals surface area contributed by atoms with Crippen molar-refractivity contribution in [2.75, 3.05) is 5.75 Å². The van der Waals surface area contributed by atoms with Gasteiger partial charge in [-0.1, -0.05) is 52.3 Å². The zero-order valence-corrected chi connectivity index (χ0v) is 9.48. The molecule has 0 rings (SSSR count). The van der Waals surface area contributed by atoms with E-state index in [0.29, 0.717) is 12.8 Å². The van der Waals surface area contributed by atoms with Gasteiger partial charge in [-0.2, -0.15) is 0 Å². The van der Waals surface area contributed by atoms with Crippen molar-refractivity contribution in [3.63, 3.8) is 0 Å². The van der Waals surface area contributed by atoms with E-state index in [1.165, 1.54) is 0 Å². The molecule has 0 aliphatic carbocycles. The smallest absolute Gasteiger partial charge is 0.190 e. The molecule has 74 valence electrons. The summed E-state index contributed by atoms with van der Waals surface area (Å²) in [6, 6.07) is 0. The SMILES string of the molecule is O=S([O-])CCCCCC(Cl)(Cl)Cl. The van der Waals surface area contributed by atoms with Crippen LogP contribution in [0.4, 0.5) is 0 Å². The van der Waals surface area contributed by atoms with E-state index in [9.17, 15) is 8.76 Å². The zero-order chi connectivity index (χ0) is 9.61. The topological polar surface area (TPSA) is 40.1 Å². The number of alkyl halides is 3. The van der Waals surface area contributed by atoms with Crippen LogP contribution in [0.25, 0.3) is 0 Å². The molecule has 0 aromatic rings. The highest BCUT2D eigenvalue weighted by molar-refractivity contribution is 7.79. The minimum atomic E-state index is -1.94. The molecule has 0 aromatic heterocycles. The maximum Gasteiger partial charge on any atom is 0.190 e. The second kappa shape index (κ2) is 6.44. The quantitative estimate of drug-likeness (QED) is 0.429. The van der Waals surface area contributed by atoms with Crippen molar-refractivity contribution < 1.29 is 8.76 Å². The van der Waals surface area contributed by atoms with Crippen LogP contribution in [0.2, 0.25) is 0 Å². The van der Waals surface area contributed by atoms with Crippen molar-refractivity contribution in [3.05, 3.63) is 0 Å². The highest BCUT2D eigenvalue weighted by Crippen LogP contribution is 2.31. The Morgan fingerprint density at radius 2 is 1.75 bits per heavy atom. The predicted molar refractivity (Wildman–Crippen MR) is 52.5 cm³/mol. The highest BCUT2D eigenvalue weighted by atomic mass is 35.6. The van der Waals surface area contributed by atoms with Crippen molar-refractivity contribution in [1.29, 1.82) is 0 Å². The Morgan fingerprint density at radius 1 is 1.17 bits per heavy atom. The molecule has 6 heteroatoms. The number of unbranched alkanes of at least 4 members (excludes halogenated alkanes) is 2. The molecule has 0 aromatic carbocycles. The molecule has 0 heterocycles. The summed E-state index contributed by atoms with van der Waals surface area (Å²) in [7, 11) is 0. The lowest BCUT2D eigenvalue weighted by atomic mass is 10.2. The van der Waals surface area contributed by atoms with Gasteiger partial charge in [0.2, 0.25) is 0 Å². The van der Waals surface area contributed by atoms with Crippen molar-refractivity contribution in [3.8, 4) is 0 Å². The van der Waals surface area contributed by atoms with Gasteiger partial charge >= 0.3 is 0 Å². The zero-order valence-electron chi connectivity index (χ0n) is 6.39. The first-order chi connectivity index (χ1) is 5.42. The molecule has 0 radical (unpaired) electrons. The van der Waals surface area contributed by atoms with Crippen LogP contribution in [0.5, 0.6) is 0 Å². The van der Waals surface area contributed by atoms with Gasteiger partial charge in [0.15, 0.2) is 3.79 Å². The van der Waals surface area contributed by atoms with E-state index in [2.05, 4.69) is 0 Å². The fourth-order valence-electron chi connectivity index (χ4n) is 0.722. The van der Waals surface area contributed by atoms with E-state index < -0.39 is 14.9 Å². The van der Waals surface area contributed by atoms with Gasteiger partial charge in [0, 0.05) is 5.75 Å². The van der Waals surface area contributed by atoms with Crippen LogP contribution >= 0.6 is 34.8 Å². The molecule has 0 bridgehead atoms. The average molecular weight is 253 g/mol. The Hall–Kier alpha value is 0.980. The summed E-state index contributed by atoms with van der Waals surface area (Å²) in [6.45, 7) is 0. The van der Waals surface area contributed by atoms with Crippen molar-refractivity contribution in [1.82, 2.24) is 0 Å². The Kier molecular flexibility index (Phi) is 6.96. The summed E-state index contributed by atoms with van der Waals surface area (Å²) < 4.78 is 19.0. The number of hydrogen-bond donors (Lipinski definition) is 0. The Balaban J connectivity index is 3.17. The van der Waals surface area contributed by atoms with Crippen molar-refractivity contribution in [2.24, 2.45) is 0 Å². The van der Waals surface area contributed by atoms with Crippen LogP contribution < -0.4 is 0 Å². The van der Waals surface area contributed by atoms with Gasteiger partial charge in [-0.25, -0.2) is 0 Å². The van der Waals surface area contributed by atoms with Gasteiger partial charge in [0.05, 0.1) is 0 Å². The molecule has 0 spiro atoms. The van der Waals surface area contributed by atoms with Crippen LogP contribution in [-0.4, -0.2) is 18.3 Å². The minimum Gasteiger partial charge on any atom is -0.772 e. The highest BCUT2D eigenvalue weighted by Gasteiger charge is 2.17. The minimum absolute atomic E-state index is 0.194. The molecule has 2 nitrogen and oxygen atoms in total. The van der Waals surface area contributed by atoms with Crippen LogP contribution in [-0.2, 0) is 11.1 Å². The van der Waals surface area contributed by atoms with Crippen molar-refractivity contribution >= 4 is 45.9 Å². The maximum absolute atomic E-state index is 10.1. The van der Waals surface area contributed by atoms with Crippen molar-refractivity contribution in [2.45, 2.75) is 29.5 Å². The summed E-state index contributed by atoms with van der Waals surface area (Å²) in [5, 5.41) is 0. The summed E-state index contributed by atoms with van der Waals surface area (Å²) in [5.74, 6) is 0.194. The van der Waals surface area contributed by atoms with Crippen LogP contribution in [0.1, 0.15) is 25.7 Å². The van der Waals surface area contributed by atoms with Gasteiger partial charge in [-0.15, -0.1) is 0 Å². The lowest BCUT2D eigenvalue weighted by molar-refractivity contribution is 0.532. The van der Waals surface area contributed by atoms with E-state index in [0.717, 1.165) is 12.8 Å². The van der Waals surface area contributed by atoms with E-state index in [1.807, 2.05) is 0 Å². The van der Waals surface area contributed by atoms with Gasteiger partial charge < -0.3 is 4.55 Å². The number of rotatable bonds is 5. The lowest BCUT2D eigenvalue weighted by Gasteiger charge is -2.09. The molecular weight excluding hydrogens is 242 g/mol. The third-order valence-corrected chi connectivity index (χ3v) is 2.46. The average Bonchev–Trinajstić information content (AvgIpc) is 1.83. The molecule has 1 unspecified atom stereocenters. The lowest BCUT2D eigenvalue weighted by Crippen LogP contribution is -2.02. The van der Waals surface area contributed by atoms with Gasteiger partial charge in [0.1, 0.15) is 0 Å². The van der Waals surface area contributed by atoms with E-state index in [-0.39, 0.29) is 5.75 Å². The van der Waals surface area contributed by atoms with Gasteiger partial charge in [-0.05, 0) is 19.3 Å². The van der Waals surface area contributed by atoms with E-state index in [1.54, 1.807) is 0 Å². The Labute approximate surface area is 89.9 Å².